The highest BCUT2D eigenvalue weighted by Gasteiger charge is 2.22. The second kappa shape index (κ2) is 7.76. The maximum Gasteiger partial charge on any atom is 0.419 e. The predicted molar refractivity (Wildman–Crippen MR) is 108 cm³/mol. The second-order valence-corrected chi connectivity index (χ2v) is 7.06. The van der Waals surface area contributed by atoms with Crippen molar-refractivity contribution in [3.05, 3.63) is 76.9 Å². The van der Waals surface area contributed by atoms with Crippen molar-refractivity contribution < 1.29 is 9.21 Å². The first-order valence-electron chi connectivity index (χ1n) is 9.45. The number of anilines is 1. The van der Waals surface area contributed by atoms with E-state index >= 15 is 0 Å². The lowest BCUT2D eigenvalue weighted by molar-refractivity contribution is -0.132. The van der Waals surface area contributed by atoms with Gasteiger partial charge in [-0.25, -0.2) is 4.79 Å². The fraction of sp³-hybridized carbons (Fsp3) is 0.273. The molecule has 0 spiro atoms. The molecule has 3 aromatic rings. The molecule has 0 aliphatic carbocycles. The number of oxazole rings is 1. The summed E-state index contributed by atoms with van der Waals surface area (Å²) in [5, 5.41) is 0. The molecule has 0 atom stereocenters. The van der Waals surface area contributed by atoms with Gasteiger partial charge in [0.05, 0.1) is 6.20 Å². The van der Waals surface area contributed by atoms with Crippen molar-refractivity contribution in [1.82, 2.24) is 9.47 Å². The summed E-state index contributed by atoms with van der Waals surface area (Å²) in [6.45, 7) is 4.92. The summed E-state index contributed by atoms with van der Waals surface area (Å²) < 4.78 is 6.65. The second-order valence-electron chi connectivity index (χ2n) is 7.06. The van der Waals surface area contributed by atoms with E-state index in [9.17, 15) is 9.59 Å². The van der Waals surface area contributed by atoms with Gasteiger partial charge in [0.1, 0.15) is 6.54 Å². The van der Waals surface area contributed by atoms with Gasteiger partial charge in [-0.2, -0.15) is 0 Å². The van der Waals surface area contributed by atoms with Gasteiger partial charge in [-0.1, -0.05) is 48.0 Å². The Kier molecular flexibility index (Phi) is 5.02. The van der Waals surface area contributed by atoms with Crippen molar-refractivity contribution in [3.8, 4) is 11.3 Å². The van der Waals surface area contributed by atoms with Gasteiger partial charge in [0.25, 0.3) is 0 Å². The summed E-state index contributed by atoms with van der Waals surface area (Å²) in [5.74, 6) is -0.0980. The van der Waals surface area contributed by atoms with Crippen molar-refractivity contribution in [2.45, 2.75) is 13.5 Å². The number of hydrogen-bond donors (Lipinski definition) is 0. The van der Waals surface area contributed by atoms with E-state index in [2.05, 4.69) is 36.1 Å². The first-order valence-corrected chi connectivity index (χ1v) is 9.45. The number of hydrogen-bond acceptors (Lipinski definition) is 4. The fourth-order valence-electron chi connectivity index (χ4n) is 3.43. The van der Waals surface area contributed by atoms with Crippen LogP contribution < -0.4 is 10.7 Å². The third kappa shape index (κ3) is 3.86. The number of rotatable bonds is 4. The van der Waals surface area contributed by atoms with Gasteiger partial charge in [0.2, 0.25) is 5.91 Å². The molecule has 144 valence electrons. The van der Waals surface area contributed by atoms with Crippen LogP contribution in [-0.2, 0) is 11.3 Å². The summed E-state index contributed by atoms with van der Waals surface area (Å²) in [6.07, 6.45) is 1.61. The molecule has 1 aliphatic rings. The van der Waals surface area contributed by atoms with Crippen molar-refractivity contribution in [2.24, 2.45) is 0 Å². The van der Waals surface area contributed by atoms with Crippen LogP contribution in [0.15, 0.2) is 70.0 Å². The van der Waals surface area contributed by atoms with Crippen LogP contribution in [0.1, 0.15) is 5.56 Å². The predicted octanol–water partition coefficient (Wildman–Crippen LogP) is 2.77. The molecule has 0 unspecified atom stereocenters. The smallest absolute Gasteiger partial charge is 0.408 e. The number of piperazine rings is 1. The first kappa shape index (κ1) is 18.1. The summed E-state index contributed by atoms with van der Waals surface area (Å²) in [5.41, 5.74) is 3.23. The van der Waals surface area contributed by atoms with E-state index in [-0.39, 0.29) is 12.5 Å². The van der Waals surface area contributed by atoms with Crippen LogP contribution in [0.2, 0.25) is 0 Å². The Morgan fingerprint density at radius 3 is 2.32 bits per heavy atom. The standard InChI is InChI=1S/C22H23N3O3/c1-17-7-9-19(10-8-17)23-11-13-24(14-12-23)21(26)16-25-15-20(28-22(25)27)18-5-3-2-4-6-18/h2-10,15H,11-14,16H2,1H3. The van der Waals surface area contributed by atoms with Crippen LogP contribution in [0.3, 0.4) is 0 Å². The molecular weight excluding hydrogens is 354 g/mol. The number of carbonyl (C=O) groups excluding carboxylic acids is 1. The van der Waals surface area contributed by atoms with Gasteiger partial charge < -0.3 is 14.2 Å². The van der Waals surface area contributed by atoms with E-state index in [0.29, 0.717) is 18.8 Å². The highest BCUT2D eigenvalue weighted by atomic mass is 16.4. The van der Waals surface area contributed by atoms with E-state index in [1.165, 1.54) is 15.8 Å². The molecule has 1 aliphatic heterocycles. The Bertz CT molecular complexity index is 998. The van der Waals surface area contributed by atoms with Gasteiger partial charge in [-0.15, -0.1) is 0 Å². The maximum absolute atomic E-state index is 12.7. The largest absolute Gasteiger partial charge is 0.419 e. The molecule has 28 heavy (non-hydrogen) atoms. The Balaban J connectivity index is 1.38. The normalized spacial score (nSPS) is 14.3. The molecule has 1 amide bonds. The zero-order chi connectivity index (χ0) is 19.5. The molecule has 2 aromatic carbocycles. The van der Waals surface area contributed by atoms with E-state index in [0.717, 1.165) is 18.7 Å². The van der Waals surface area contributed by atoms with Gasteiger partial charge >= 0.3 is 5.76 Å². The minimum Gasteiger partial charge on any atom is -0.408 e. The lowest BCUT2D eigenvalue weighted by Gasteiger charge is -2.36. The number of nitrogens with zero attached hydrogens (tertiary/aromatic N) is 3. The lowest BCUT2D eigenvalue weighted by atomic mass is 10.2. The molecule has 0 N–H and O–H groups in total. The van der Waals surface area contributed by atoms with Crippen LogP contribution in [0.5, 0.6) is 0 Å². The van der Waals surface area contributed by atoms with Crippen LogP contribution in [-0.4, -0.2) is 41.6 Å². The molecule has 1 aromatic heterocycles. The molecule has 4 rings (SSSR count). The minimum atomic E-state index is -0.509. The third-order valence-electron chi connectivity index (χ3n) is 5.10. The van der Waals surface area contributed by atoms with Crippen LogP contribution in [0.25, 0.3) is 11.3 Å². The number of aromatic nitrogens is 1. The van der Waals surface area contributed by atoms with E-state index in [1.54, 1.807) is 6.20 Å². The fourth-order valence-corrected chi connectivity index (χ4v) is 3.43. The first-order chi connectivity index (χ1) is 13.6. The Morgan fingerprint density at radius 1 is 0.964 bits per heavy atom. The summed E-state index contributed by atoms with van der Waals surface area (Å²) >= 11 is 0. The van der Waals surface area contributed by atoms with Crippen LogP contribution in [0.4, 0.5) is 5.69 Å². The average Bonchev–Trinajstić information content (AvgIpc) is 3.10. The van der Waals surface area contributed by atoms with Crippen LogP contribution >= 0.6 is 0 Å². The average molecular weight is 377 g/mol. The SMILES string of the molecule is Cc1ccc(N2CCN(C(=O)Cn3cc(-c4ccccc4)oc3=O)CC2)cc1. The highest BCUT2D eigenvalue weighted by molar-refractivity contribution is 5.76. The van der Waals surface area contributed by atoms with E-state index in [4.69, 9.17) is 4.42 Å². The zero-order valence-corrected chi connectivity index (χ0v) is 15.9. The maximum atomic E-state index is 12.7. The van der Waals surface area contributed by atoms with Crippen molar-refractivity contribution >= 4 is 11.6 Å². The van der Waals surface area contributed by atoms with Crippen LogP contribution in [0, 0.1) is 6.92 Å². The molecule has 6 nitrogen and oxygen atoms in total. The van der Waals surface area contributed by atoms with Crippen molar-refractivity contribution in [2.75, 3.05) is 31.1 Å². The van der Waals surface area contributed by atoms with Gasteiger partial charge in [-0.3, -0.25) is 9.36 Å². The number of carbonyl (C=O) groups is 1. The number of aryl methyl sites for hydroxylation is 1. The molecule has 6 heteroatoms. The molecule has 2 heterocycles. The molecule has 1 fully saturated rings. The summed E-state index contributed by atoms with van der Waals surface area (Å²) in [4.78, 5) is 28.9. The monoisotopic (exact) mass is 377 g/mol. The Hall–Kier alpha value is -3.28. The van der Waals surface area contributed by atoms with Gasteiger partial charge in [-0.05, 0) is 19.1 Å². The summed E-state index contributed by atoms with van der Waals surface area (Å²) in [7, 11) is 0. The van der Waals surface area contributed by atoms with Gasteiger partial charge in [0.15, 0.2) is 5.76 Å². The topological polar surface area (TPSA) is 58.7 Å². The molecular formula is C22H23N3O3. The van der Waals surface area contributed by atoms with E-state index in [1.807, 2.05) is 35.2 Å². The highest BCUT2D eigenvalue weighted by Crippen LogP contribution is 2.18. The molecule has 0 bridgehead atoms. The molecule has 0 saturated carbocycles. The zero-order valence-electron chi connectivity index (χ0n) is 15.9. The number of amides is 1. The van der Waals surface area contributed by atoms with Crippen molar-refractivity contribution in [1.29, 1.82) is 0 Å². The van der Waals surface area contributed by atoms with E-state index < -0.39 is 5.76 Å². The molecule has 1 saturated heterocycles. The third-order valence-corrected chi connectivity index (χ3v) is 5.10. The quantitative estimate of drug-likeness (QED) is 0.702. The van der Waals surface area contributed by atoms with Gasteiger partial charge in [0, 0.05) is 37.4 Å². The summed E-state index contributed by atoms with van der Waals surface area (Å²) in [6, 6.07) is 17.8. The molecule has 0 radical (unpaired) electrons. The lowest BCUT2D eigenvalue weighted by Crippen LogP contribution is -2.50. The Labute approximate surface area is 163 Å². The van der Waals surface area contributed by atoms with Crippen molar-refractivity contribution in [3.63, 3.8) is 0 Å². The minimum absolute atomic E-state index is 0.000299. The Morgan fingerprint density at radius 2 is 1.64 bits per heavy atom. The number of benzene rings is 2.